The van der Waals surface area contributed by atoms with Gasteiger partial charge in [-0.15, -0.1) is 0 Å². The summed E-state index contributed by atoms with van der Waals surface area (Å²) in [6.07, 6.45) is 3.53. The third-order valence-electron chi connectivity index (χ3n) is 2.18. The Morgan fingerprint density at radius 1 is 1.56 bits per heavy atom. The largest absolute Gasteiger partial charge is 0.463 e. The summed E-state index contributed by atoms with van der Waals surface area (Å²) in [5.41, 5.74) is 0.977. The summed E-state index contributed by atoms with van der Waals surface area (Å²) in [6.45, 7) is 5.56. The van der Waals surface area contributed by atoms with Crippen LogP contribution in [0.2, 0.25) is 0 Å². The van der Waals surface area contributed by atoms with E-state index in [9.17, 15) is 9.59 Å². The van der Waals surface area contributed by atoms with E-state index in [2.05, 4.69) is 10.6 Å². The van der Waals surface area contributed by atoms with Crippen molar-refractivity contribution in [3.05, 3.63) is 23.4 Å². The lowest BCUT2D eigenvalue weighted by atomic mass is 10.0. The summed E-state index contributed by atoms with van der Waals surface area (Å²) in [6, 6.07) is -0.730. The number of hydrogen-bond donors (Lipinski definition) is 2. The molecule has 0 radical (unpaired) electrons. The summed E-state index contributed by atoms with van der Waals surface area (Å²) in [5.74, 6) is -0.407. The minimum atomic E-state index is -0.419. The topological polar surface area (TPSA) is 67.4 Å². The summed E-state index contributed by atoms with van der Waals surface area (Å²) in [7, 11) is 0. The summed E-state index contributed by atoms with van der Waals surface area (Å²) in [4.78, 5) is 22.9. The normalized spacial score (nSPS) is 20.7. The maximum absolute atomic E-state index is 11.7. The maximum Gasteiger partial charge on any atom is 0.338 e. The minimum absolute atomic E-state index is 0.311. The van der Waals surface area contributed by atoms with Gasteiger partial charge in [-0.05, 0) is 20.8 Å². The predicted molar refractivity (Wildman–Crippen MR) is 59.6 cm³/mol. The van der Waals surface area contributed by atoms with Gasteiger partial charge in [0.15, 0.2) is 0 Å². The van der Waals surface area contributed by atoms with E-state index < -0.39 is 12.0 Å². The average molecular weight is 224 g/mol. The molecule has 1 unspecified atom stereocenters. The molecule has 16 heavy (non-hydrogen) atoms. The first kappa shape index (κ1) is 12.3. The molecule has 1 rings (SSSR count). The zero-order valence-corrected chi connectivity index (χ0v) is 9.66. The Hall–Kier alpha value is -1.78. The van der Waals surface area contributed by atoms with Crippen LogP contribution in [0.5, 0.6) is 0 Å². The second kappa shape index (κ2) is 5.34. The highest BCUT2D eigenvalue weighted by molar-refractivity contribution is 5.95. The lowest BCUT2D eigenvalue weighted by Gasteiger charge is -2.25. The molecule has 0 spiro atoms. The van der Waals surface area contributed by atoms with Crippen molar-refractivity contribution in [2.24, 2.45) is 0 Å². The van der Waals surface area contributed by atoms with Gasteiger partial charge >= 0.3 is 12.0 Å². The molecule has 1 aliphatic heterocycles. The van der Waals surface area contributed by atoms with Gasteiger partial charge in [0, 0.05) is 5.70 Å². The van der Waals surface area contributed by atoms with E-state index in [1.807, 2.05) is 6.92 Å². The molecule has 1 heterocycles. The fourth-order valence-electron chi connectivity index (χ4n) is 1.55. The van der Waals surface area contributed by atoms with Crippen molar-refractivity contribution < 1.29 is 14.3 Å². The number of amides is 2. The lowest BCUT2D eigenvalue weighted by molar-refractivity contribution is -0.138. The molecule has 88 valence electrons. The number of rotatable bonds is 3. The number of allylic oxidation sites excluding steroid dienone is 2. The third-order valence-corrected chi connectivity index (χ3v) is 2.18. The van der Waals surface area contributed by atoms with E-state index in [-0.39, 0.29) is 6.03 Å². The number of carbonyl (C=O) groups is 2. The van der Waals surface area contributed by atoms with Crippen molar-refractivity contribution in [3.63, 3.8) is 0 Å². The third kappa shape index (κ3) is 2.62. The molecule has 2 amide bonds. The monoisotopic (exact) mass is 224 g/mol. The predicted octanol–water partition coefficient (Wildman–Crippen LogP) is 1.08. The van der Waals surface area contributed by atoms with Gasteiger partial charge in [-0.25, -0.2) is 9.59 Å². The molecule has 0 aromatic heterocycles. The zero-order valence-electron chi connectivity index (χ0n) is 9.66. The molecule has 5 nitrogen and oxygen atoms in total. The average Bonchev–Trinajstić information content (AvgIpc) is 2.17. The number of esters is 1. The second-order valence-corrected chi connectivity index (χ2v) is 3.36. The summed E-state index contributed by atoms with van der Waals surface area (Å²) < 4.78 is 4.94. The minimum Gasteiger partial charge on any atom is -0.463 e. The lowest BCUT2D eigenvalue weighted by Crippen LogP contribution is -2.49. The molecular weight excluding hydrogens is 208 g/mol. The summed E-state index contributed by atoms with van der Waals surface area (Å²) in [5, 5.41) is 5.19. The van der Waals surface area contributed by atoms with Gasteiger partial charge < -0.3 is 15.4 Å². The highest BCUT2D eigenvalue weighted by Gasteiger charge is 2.28. The van der Waals surface area contributed by atoms with Crippen LogP contribution < -0.4 is 10.6 Å². The standard InChI is InChI=1S/C11H16N2O3/c1-4-6-8-9(10(14)16-5-2)7(3)12-11(15)13-8/h4,6,8H,5H2,1-3H3,(H2,12,13,15). The molecule has 0 saturated heterocycles. The molecule has 0 aliphatic carbocycles. The van der Waals surface area contributed by atoms with Crippen molar-refractivity contribution >= 4 is 12.0 Å². The smallest absolute Gasteiger partial charge is 0.338 e. The Labute approximate surface area is 94.5 Å². The van der Waals surface area contributed by atoms with Gasteiger partial charge in [0.2, 0.25) is 0 Å². The number of urea groups is 1. The fraction of sp³-hybridized carbons (Fsp3) is 0.455. The van der Waals surface area contributed by atoms with E-state index in [0.29, 0.717) is 17.9 Å². The quantitative estimate of drug-likeness (QED) is 0.557. The van der Waals surface area contributed by atoms with E-state index >= 15 is 0 Å². The van der Waals surface area contributed by atoms with Crippen molar-refractivity contribution in [1.82, 2.24) is 10.6 Å². The Balaban J connectivity index is 3.01. The first-order valence-corrected chi connectivity index (χ1v) is 5.18. The van der Waals surface area contributed by atoms with Crippen LogP contribution >= 0.6 is 0 Å². The Kier molecular flexibility index (Phi) is 4.10. The van der Waals surface area contributed by atoms with Crippen LogP contribution in [0, 0.1) is 0 Å². The Bertz CT molecular complexity index is 358. The Morgan fingerprint density at radius 3 is 2.81 bits per heavy atom. The van der Waals surface area contributed by atoms with E-state index in [1.165, 1.54) is 0 Å². The SMILES string of the molecule is CC=CC1NC(=O)NC(C)=C1C(=O)OCC. The maximum atomic E-state index is 11.7. The van der Waals surface area contributed by atoms with Crippen LogP contribution in [0.4, 0.5) is 4.79 Å². The molecular formula is C11H16N2O3. The van der Waals surface area contributed by atoms with Gasteiger partial charge in [-0.1, -0.05) is 12.2 Å². The Morgan fingerprint density at radius 2 is 2.25 bits per heavy atom. The fourth-order valence-corrected chi connectivity index (χ4v) is 1.55. The van der Waals surface area contributed by atoms with Crippen molar-refractivity contribution in [2.75, 3.05) is 6.61 Å². The van der Waals surface area contributed by atoms with Gasteiger partial charge in [-0.2, -0.15) is 0 Å². The van der Waals surface area contributed by atoms with Crippen molar-refractivity contribution in [1.29, 1.82) is 0 Å². The summed E-state index contributed by atoms with van der Waals surface area (Å²) >= 11 is 0. The van der Waals surface area contributed by atoms with Gasteiger partial charge in [0.1, 0.15) is 0 Å². The molecule has 0 aromatic carbocycles. The highest BCUT2D eigenvalue weighted by Crippen LogP contribution is 2.14. The molecule has 5 heteroatoms. The van der Waals surface area contributed by atoms with Gasteiger partial charge in [0.05, 0.1) is 18.2 Å². The first-order chi connectivity index (χ1) is 7.60. The molecule has 2 N–H and O–H groups in total. The second-order valence-electron chi connectivity index (χ2n) is 3.36. The molecule has 1 atom stereocenters. The zero-order chi connectivity index (χ0) is 12.1. The van der Waals surface area contributed by atoms with Crippen LogP contribution in [-0.2, 0) is 9.53 Å². The molecule has 0 fully saturated rings. The van der Waals surface area contributed by atoms with Crippen LogP contribution in [0.25, 0.3) is 0 Å². The van der Waals surface area contributed by atoms with Crippen molar-refractivity contribution in [3.8, 4) is 0 Å². The van der Waals surface area contributed by atoms with Crippen LogP contribution in [0.1, 0.15) is 20.8 Å². The highest BCUT2D eigenvalue weighted by atomic mass is 16.5. The van der Waals surface area contributed by atoms with Gasteiger partial charge in [-0.3, -0.25) is 0 Å². The van der Waals surface area contributed by atoms with E-state index in [1.54, 1.807) is 26.0 Å². The van der Waals surface area contributed by atoms with Crippen LogP contribution in [-0.4, -0.2) is 24.6 Å². The number of carbonyl (C=O) groups excluding carboxylic acids is 2. The van der Waals surface area contributed by atoms with Crippen LogP contribution in [0.3, 0.4) is 0 Å². The van der Waals surface area contributed by atoms with Gasteiger partial charge in [0.25, 0.3) is 0 Å². The molecule has 0 aromatic rings. The number of hydrogen-bond acceptors (Lipinski definition) is 3. The first-order valence-electron chi connectivity index (χ1n) is 5.18. The number of nitrogens with one attached hydrogen (secondary N) is 2. The number of ether oxygens (including phenoxy) is 1. The van der Waals surface area contributed by atoms with Crippen LogP contribution in [0.15, 0.2) is 23.4 Å². The van der Waals surface area contributed by atoms with E-state index in [0.717, 1.165) is 0 Å². The molecule has 0 bridgehead atoms. The van der Waals surface area contributed by atoms with E-state index in [4.69, 9.17) is 4.74 Å². The molecule has 0 saturated carbocycles. The molecule has 1 aliphatic rings. The van der Waals surface area contributed by atoms with Crippen molar-refractivity contribution in [2.45, 2.75) is 26.8 Å².